The van der Waals surface area contributed by atoms with Crippen molar-refractivity contribution in [2.45, 2.75) is 69.0 Å². The summed E-state index contributed by atoms with van der Waals surface area (Å²) in [5.41, 5.74) is 7.00. The average Bonchev–Trinajstić information content (AvgIpc) is 3.77. The Labute approximate surface area is 335 Å². The van der Waals surface area contributed by atoms with Gasteiger partial charge in [0.25, 0.3) is 0 Å². The number of hydrogen-bond acceptors (Lipinski definition) is 14. The van der Waals surface area contributed by atoms with E-state index in [1.807, 2.05) is 85.1 Å². The Morgan fingerprint density at radius 1 is 0.930 bits per heavy atom. The Morgan fingerprint density at radius 3 is 2.12 bits per heavy atom. The molecule has 2 aromatic heterocycles. The maximum atomic E-state index is 14.0. The zero-order valence-electron chi connectivity index (χ0n) is 32.7. The van der Waals surface area contributed by atoms with Crippen LogP contribution in [0.3, 0.4) is 0 Å². The molecule has 3 heterocycles. The number of nitrogens with two attached hydrogens (primary N) is 1. The van der Waals surface area contributed by atoms with Gasteiger partial charge in [-0.15, -0.1) is 0 Å². The number of nitrogen functional groups attached to an aromatic ring is 1. The number of alkyl carbamates (subject to hydrolysis) is 1. The Kier molecular flexibility index (Phi) is 12.9. The van der Waals surface area contributed by atoms with Crippen molar-refractivity contribution in [1.82, 2.24) is 24.8 Å². The van der Waals surface area contributed by atoms with Gasteiger partial charge in [0.2, 0.25) is 0 Å². The molecule has 4 unspecified atom stereocenters. The van der Waals surface area contributed by atoms with Gasteiger partial charge in [0.05, 0.1) is 27.2 Å². The lowest BCUT2D eigenvalue weighted by atomic mass is 9.80. The summed E-state index contributed by atoms with van der Waals surface area (Å²) in [7, 11) is 3.20. The molecule has 0 saturated carbocycles. The second kappa shape index (κ2) is 17.8. The summed E-state index contributed by atoms with van der Waals surface area (Å²) < 4.78 is 37.7. The van der Waals surface area contributed by atoms with E-state index < -0.39 is 53.8 Å². The van der Waals surface area contributed by atoms with Crippen molar-refractivity contribution in [3.05, 3.63) is 108 Å². The van der Waals surface area contributed by atoms with Gasteiger partial charge in [0.1, 0.15) is 52.8 Å². The number of nitrogens with one attached hydrogen (secondary N) is 1. The third kappa shape index (κ3) is 9.09. The zero-order chi connectivity index (χ0) is 40.7. The predicted molar refractivity (Wildman–Crippen MR) is 214 cm³/mol. The molecule has 3 aromatic carbocycles. The van der Waals surface area contributed by atoms with Gasteiger partial charge in [0, 0.05) is 0 Å². The largest absolute Gasteiger partial charge is 0.497 e. The lowest BCUT2D eigenvalue weighted by molar-refractivity contribution is -0.161. The molecule has 0 radical (unpaired) electrons. The molecule has 57 heavy (non-hydrogen) atoms. The molecule has 0 aliphatic carbocycles. The highest BCUT2D eigenvalue weighted by Gasteiger charge is 2.50. The molecule has 1 fully saturated rings. The summed E-state index contributed by atoms with van der Waals surface area (Å²) in [4.78, 5) is 39.6. The molecule has 0 bridgehead atoms. The van der Waals surface area contributed by atoms with E-state index in [2.05, 4.69) is 20.3 Å². The first-order valence-corrected chi connectivity index (χ1v) is 19.7. The fourth-order valence-electron chi connectivity index (χ4n) is 6.70. The van der Waals surface area contributed by atoms with Crippen molar-refractivity contribution >= 4 is 40.8 Å². The number of carbonyl (C=O) groups is 2. The van der Waals surface area contributed by atoms with E-state index in [-0.39, 0.29) is 18.8 Å². The Bertz CT molecular complexity index is 2060. The van der Waals surface area contributed by atoms with Crippen molar-refractivity contribution < 1.29 is 43.1 Å². The monoisotopic (exact) mass is 800 g/mol. The Morgan fingerprint density at radius 2 is 1.54 bits per heavy atom. The highest BCUT2D eigenvalue weighted by atomic mass is 32.2. The van der Waals surface area contributed by atoms with Crippen LogP contribution in [0.2, 0.25) is 0 Å². The molecule has 1 aliphatic rings. The van der Waals surface area contributed by atoms with Crippen LogP contribution in [0.1, 0.15) is 50.1 Å². The number of carbonyl (C=O) groups excluding carboxylic acids is 2. The number of thioether (sulfide) groups is 1. The number of amides is 1. The first-order valence-electron chi connectivity index (χ1n) is 18.3. The van der Waals surface area contributed by atoms with Crippen LogP contribution in [0.5, 0.6) is 11.5 Å². The minimum atomic E-state index is -1.43. The van der Waals surface area contributed by atoms with E-state index in [1.165, 1.54) is 29.0 Å². The molecular weight excluding hydrogens is 753 g/mol. The lowest BCUT2D eigenvalue weighted by Gasteiger charge is -2.37. The number of fused-ring (bicyclic) bond motifs is 1. The minimum absolute atomic E-state index is 0.135. The fraction of sp³-hybridized carbons (Fsp3) is 0.390. The number of aromatic nitrogens is 4. The van der Waals surface area contributed by atoms with Crippen LogP contribution in [-0.2, 0) is 29.3 Å². The van der Waals surface area contributed by atoms with Gasteiger partial charge in [0.15, 0.2) is 23.8 Å². The number of benzene rings is 3. The second-order valence-corrected chi connectivity index (χ2v) is 15.3. The SMILES string of the molecule is COc1ccc(C(OCC2OC(n3cnc4c(N)ncnc43)C(OC(=O)[C@@H](CCSC)NC(=O)OC(C)(C)C)C2O)(c2ccccc2)c2ccc(OC)cc2)cc1. The predicted octanol–water partition coefficient (Wildman–Crippen LogP) is 5.25. The number of hydrogen-bond donors (Lipinski definition) is 3. The number of anilines is 1. The van der Waals surface area contributed by atoms with Crippen LogP contribution in [0.4, 0.5) is 10.6 Å². The summed E-state index contributed by atoms with van der Waals surface area (Å²) in [6, 6.07) is 23.7. The van der Waals surface area contributed by atoms with Gasteiger partial charge >= 0.3 is 12.1 Å². The second-order valence-electron chi connectivity index (χ2n) is 14.3. The van der Waals surface area contributed by atoms with Crippen LogP contribution >= 0.6 is 11.8 Å². The molecule has 1 aliphatic heterocycles. The molecule has 16 heteroatoms. The lowest BCUT2D eigenvalue weighted by Crippen LogP contribution is -2.47. The molecule has 1 saturated heterocycles. The number of ether oxygens (including phenoxy) is 6. The van der Waals surface area contributed by atoms with E-state index in [9.17, 15) is 14.7 Å². The van der Waals surface area contributed by atoms with Crippen LogP contribution in [0.15, 0.2) is 91.5 Å². The van der Waals surface area contributed by atoms with Crippen LogP contribution in [0.25, 0.3) is 11.2 Å². The third-order valence-electron chi connectivity index (χ3n) is 9.45. The number of esters is 1. The number of methoxy groups -OCH3 is 2. The van der Waals surface area contributed by atoms with Gasteiger partial charge in [-0.1, -0.05) is 54.6 Å². The Balaban J connectivity index is 1.38. The maximum absolute atomic E-state index is 14.0. The average molecular weight is 801 g/mol. The van der Waals surface area contributed by atoms with Crippen molar-refractivity contribution in [1.29, 1.82) is 0 Å². The summed E-state index contributed by atoms with van der Waals surface area (Å²) in [6.45, 7) is 4.99. The number of nitrogens with zero attached hydrogens (tertiary/aromatic N) is 4. The Hall–Kier alpha value is -5.42. The van der Waals surface area contributed by atoms with Crippen molar-refractivity contribution in [2.75, 3.05) is 38.6 Å². The van der Waals surface area contributed by atoms with Gasteiger partial charge in [-0.3, -0.25) is 4.57 Å². The number of imidazole rings is 1. The molecule has 0 spiro atoms. The van der Waals surface area contributed by atoms with Crippen molar-refractivity contribution in [3.8, 4) is 11.5 Å². The summed E-state index contributed by atoms with van der Waals surface area (Å²) in [6.07, 6.45) is -0.895. The molecule has 6 rings (SSSR count). The zero-order valence-corrected chi connectivity index (χ0v) is 33.5. The standard InChI is InChI=1S/C41H48N6O9S/c1-40(2,3)56-39(50)46-30(20-21-57-6)38(49)55-34-33(48)31(54-37(34)47-24-45-32-35(42)43-23-44-36(32)47)22-53-41(25-10-8-7-9-11-25,26-12-16-28(51-4)17-13-26)27-14-18-29(52-5)19-15-27/h7-19,23-24,30-31,33-34,37,48H,20-22H2,1-6H3,(H,46,50)(H2,42,43,44)/t30-,31?,33?,34?,37?/m1/s1. The molecule has 302 valence electrons. The normalized spacial score (nSPS) is 18.9. The van der Waals surface area contributed by atoms with E-state index in [4.69, 9.17) is 34.2 Å². The molecule has 5 atom stereocenters. The van der Waals surface area contributed by atoms with E-state index in [0.29, 0.717) is 28.4 Å². The van der Waals surface area contributed by atoms with Crippen LogP contribution in [-0.4, -0.2) is 99.5 Å². The molecule has 4 N–H and O–H groups in total. The number of aliphatic hydroxyl groups is 1. The quantitative estimate of drug-likeness (QED) is 0.0919. The van der Waals surface area contributed by atoms with Gasteiger partial charge in [-0.05, 0) is 80.2 Å². The summed E-state index contributed by atoms with van der Waals surface area (Å²) in [5.74, 6) is 1.19. The maximum Gasteiger partial charge on any atom is 0.408 e. The first kappa shape index (κ1) is 41.2. The number of aliphatic hydroxyl groups excluding tert-OH is 1. The van der Waals surface area contributed by atoms with Crippen molar-refractivity contribution in [2.24, 2.45) is 0 Å². The van der Waals surface area contributed by atoms with Gasteiger partial charge in [-0.2, -0.15) is 11.8 Å². The first-order chi connectivity index (χ1) is 27.4. The van der Waals surface area contributed by atoms with Gasteiger partial charge in [-0.25, -0.2) is 24.5 Å². The minimum Gasteiger partial charge on any atom is -0.497 e. The van der Waals surface area contributed by atoms with E-state index in [0.717, 1.165) is 16.7 Å². The van der Waals surface area contributed by atoms with Crippen LogP contribution < -0.4 is 20.5 Å². The van der Waals surface area contributed by atoms with Crippen molar-refractivity contribution in [3.63, 3.8) is 0 Å². The van der Waals surface area contributed by atoms with E-state index in [1.54, 1.807) is 35.0 Å². The molecule has 5 aromatic rings. The highest BCUT2D eigenvalue weighted by Crippen LogP contribution is 2.43. The molecule has 1 amide bonds. The molecular formula is C41H48N6O9S. The van der Waals surface area contributed by atoms with E-state index >= 15 is 0 Å². The van der Waals surface area contributed by atoms with Crippen LogP contribution in [0, 0.1) is 0 Å². The highest BCUT2D eigenvalue weighted by molar-refractivity contribution is 7.98. The smallest absolute Gasteiger partial charge is 0.408 e. The molecule has 15 nitrogen and oxygen atoms in total. The van der Waals surface area contributed by atoms with Gasteiger partial charge < -0.3 is 44.6 Å². The third-order valence-corrected chi connectivity index (χ3v) is 10.1. The fourth-order valence-corrected chi connectivity index (χ4v) is 7.17. The topological polar surface area (TPSA) is 191 Å². The number of rotatable bonds is 15. The summed E-state index contributed by atoms with van der Waals surface area (Å²) in [5, 5.41) is 14.7. The summed E-state index contributed by atoms with van der Waals surface area (Å²) >= 11 is 1.50.